The molecular weight excluding hydrogens is 656 g/mol. The first-order chi connectivity index (χ1) is 21.9. The number of nitrogens with two attached hydrogens (primary N) is 1. The molecule has 1 amide bonds. The first-order valence-corrected chi connectivity index (χ1v) is 14.7. The van der Waals surface area contributed by atoms with Gasteiger partial charge < -0.3 is 15.4 Å². The second-order valence-corrected chi connectivity index (χ2v) is 11.4. The van der Waals surface area contributed by atoms with Crippen molar-refractivity contribution in [3.8, 4) is 5.75 Å². The van der Waals surface area contributed by atoms with Crippen LogP contribution in [0.1, 0.15) is 59.2 Å². The van der Waals surface area contributed by atoms with Gasteiger partial charge in [-0.15, -0.1) is 0 Å². The lowest BCUT2D eigenvalue weighted by atomic mass is 9.96. The quantitative estimate of drug-likeness (QED) is 0.121. The summed E-state index contributed by atoms with van der Waals surface area (Å²) in [5, 5.41) is 4.41. The number of aryl methyl sites for hydroxylation is 1. The van der Waals surface area contributed by atoms with Crippen LogP contribution in [-0.2, 0) is 17.5 Å². The summed E-state index contributed by atoms with van der Waals surface area (Å²) >= 11 is 6.50. The second-order valence-electron chi connectivity index (χ2n) is 11.0. The summed E-state index contributed by atoms with van der Waals surface area (Å²) in [5.41, 5.74) is 4.50. The molecule has 2 heterocycles. The summed E-state index contributed by atoms with van der Waals surface area (Å²) in [5.74, 6) is -5.61. The van der Waals surface area contributed by atoms with E-state index < -0.39 is 58.8 Å². The molecule has 4 aromatic rings. The summed E-state index contributed by atoms with van der Waals surface area (Å²) < 4.78 is 86.9. The van der Waals surface area contributed by atoms with Gasteiger partial charge in [0.05, 0.1) is 39.9 Å². The summed E-state index contributed by atoms with van der Waals surface area (Å²) in [6.07, 6.45) is -10.4. The zero-order valence-electron chi connectivity index (χ0n) is 25.3. The van der Waals surface area contributed by atoms with E-state index in [1.54, 1.807) is 57.2 Å². The fraction of sp³-hybridized carbons (Fsp3) is 0.355. The van der Waals surface area contributed by atoms with Crippen molar-refractivity contribution in [2.24, 2.45) is 11.7 Å². The van der Waals surface area contributed by atoms with Gasteiger partial charge in [0.15, 0.2) is 0 Å². The number of aromatic nitrogens is 3. The first kappa shape index (κ1) is 35.5. The Morgan fingerprint density at radius 1 is 1.04 bits per heavy atom. The van der Waals surface area contributed by atoms with E-state index in [9.17, 15) is 40.7 Å². The number of nitrogens with zero attached hydrogens (tertiary/aromatic N) is 4. The average molecular weight is 686 g/mol. The Bertz CT molecular complexity index is 1840. The summed E-state index contributed by atoms with van der Waals surface area (Å²) in [6, 6.07) is 10.7. The van der Waals surface area contributed by atoms with E-state index in [0.29, 0.717) is 23.4 Å². The molecule has 1 atom stereocenters. The van der Waals surface area contributed by atoms with Gasteiger partial charge in [-0.2, -0.15) is 36.0 Å². The predicted octanol–water partition coefficient (Wildman–Crippen LogP) is 6.18. The summed E-state index contributed by atoms with van der Waals surface area (Å²) in [4.78, 5) is 41.2. The Kier molecular flexibility index (Phi) is 10.4. The van der Waals surface area contributed by atoms with Gasteiger partial charge in [-0.25, -0.2) is 9.59 Å². The van der Waals surface area contributed by atoms with E-state index in [1.165, 1.54) is 9.47 Å². The number of benzene rings is 2. The normalized spacial score (nSPS) is 12.9. The zero-order valence-corrected chi connectivity index (χ0v) is 26.1. The minimum atomic E-state index is -5.57. The van der Waals surface area contributed by atoms with Crippen molar-refractivity contribution >= 4 is 29.0 Å². The van der Waals surface area contributed by atoms with Crippen LogP contribution < -0.4 is 16.2 Å². The standard InChI is InChI=1S/C31H30ClF6N5O4/c1-17(2)26(23-15-22-25(32)18(3)40-43(22)29(46)42(23)16-19-8-5-4-6-9-19)41(13-7-12-39)27(44)21-11-10-20(30(33,34)35)14-24(21)47-28(45)31(36,37)38/h4-6,8-11,14-15,17,26H,7,12-13,16,39H2,1-3H3. The first-order valence-electron chi connectivity index (χ1n) is 14.3. The van der Waals surface area contributed by atoms with Crippen molar-refractivity contribution in [1.29, 1.82) is 0 Å². The van der Waals surface area contributed by atoms with E-state index in [4.69, 9.17) is 17.3 Å². The number of esters is 1. The van der Waals surface area contributed by atoms with Gasteiger partial charge in [-0.3, -0.25) is 9.36 Å². The minimum absolute atomic E-state index is 0.0122. The van der Waals surface area contributed by atoms with Crippen LogP contribution in [0, 0.1) is 12.8 Å². The maximum absolute atomic E-state index is 14.3. The molecule has 0 aliphatic rings. The maximum Gasteiger partial charge on any atom is 0.491 e. The highest BCUT2D eigenvalue weighted by Crippen LogP contribution is 2.37. The molecule has 47 heavy (non-hydrogen) atoms. The van der Waals surface area contributed by atoms with Gasteiger partial charge in [0.2, 0.25) is 0 Å². The number of amides is 1. The Morgan fingerprint density at radius 2 is 1.70 bits per heavy atom. The van der Waals surface area contributed by atoms with Crippen LogP contribution in [0.25, 0.3) is 5.52 Å². The van der Waals surface area contributed by atoms with Gasteiger partial charge in [0.25, 0.3) is 5.91 Å². The molecule has 2 aromatic carbocycles. The molecule has 0 saturated heterocycles. The van der Waals surface area contributed by atoms with Crippen molar-refractivity contribution in [2.75, 3.05) is 13.1 Å². The molecule has 0 aliphatic heterocycles. The van der Waals surface area contributed by atoms with Crippen molar-refractivity contribution < 1.29 is 40.7 Å². The lowest BCUT2D eigenvalue weighted by molar-refractivity contribution is -0.189. The Balaban J connectivity index is 1.96. The molecule has 0 fully saturated rings. The lowest BCUT2D eigenvalue weighted by Crippen LogP contribution is -2.42. The largest absolute Gasteiger partial charge is 0.491 e. The van der Waals surface area contributed by atoms with Gasteiger partial charge in [-0.05, 0) is 55.6 Å². The summed E-state index contributed by atoms with van der Waals surface area (Å²) in [6.45, 7) is 4.97. The fourth-order valence-corrected chi connectivity index (χ4v) is 5.34. The van der Waals surface area contributed by atoms with Crippen LogP contribution >= 0.6 is 11.6 Å². The molecule has 9 nitrogen and oxygen atoms in total. The van der Waals surface area contributed by atoms with E-state index >= 15 is 0 Å². The molecule has 0 spiro atoms. The van der Waals surface area contributed by atoms with Crippen LogP contribution in [0.4, 0.5) is 26.3 Å². The molecule has 1 unspecified atom stereocenters. The van der Waals surface area contributed by atoms with E-state index in [-0.39, 0.29) is 48.4 Å². The number of carbonyl (C=O) groups is 2. The average Bonchev–Trinajstić information content (AvgIpc) is 3.28. The van der Waals surface area contributed by atoms with Gasteiger partial charge in [0.1, 0.15) is 5.75 Å². The molecule has 0 aliphatic carbocycles. The monoisotopic (exact) mass is 685 g/mol. The summed E-state index contributed by atoms with van der Waals surface area (Å²) in [7, 11) is 0. The smallest absolute Gasteiger partial charge is 0.419 e. The van der Waals surface area contributed by atoms with Gasteiger partial charge in [0, 0.05) is 12.2 Å². The Morgan fingerprint density at radius 3 is 2.28 bits per heavy atom. The van der Waals surface area contributed by atoms with Crippen LogP contribution in [0.2, 0.25) is 5.02 Å². The third-order valence-corrected chi connectivity index (χ3v) is 7.79. The van der Waals surface area contributed by atoms with Crippen molar-refractivity contribution in [3.05, 3.63) is 98.2 Å². The third-order valence-electron chi connectivity index (χ3n) is 7.32. The number of halogens is 7. The van der Waals surface area contributed by atoms with E-state index in [0.717, 1.165) is 4.52 Å². The molecule has 4 rings (SSSR count). The fourth-order valence-electron chi connectivity index (χ4n) is 5.17. The van der Waals surface area contributed by atoms with Crippen LogP contribution in [-0.4, -0.2) is 50.2 Å². The highest BCUT2D eigenvalue weighted by molar-refractivity contribution is 6.34. The molecular formula is C31H30ClF6N5O4. The van der Waals surface area contributed by atoms with Gasteiger partial charge in [-0.1, -0.05) is 55.8 Å². The topological polar surface area (TPSA) is 112 Å². The molecule has 0 radical (unpaired) electrons. The molecule has 16 heteroatoms. The lowest BCUT2D eigenvalue weighted by Gasteiger charge is -2.36. The number of hydrogen-bond donors (Lipinski definition) is 1. The van der Waals surface area contributed by atoms with Crippen molar-refractivity contribution in [1.82, 2.24) is 19.1 Å². The number of rotatable bonds is 10. The van der Waals surface area contributed by atoms with Crippen molar-refractivity contribution in [2.45, 2.75) is 52.1 Å². The predicted molar refractivity (Wildman–Crippen MR) is 160 cm³/mol. The Labute approximate surface area is 269 Å². The highest BCUT2D eigenvalue weighted by Gasteiger charge is 2.43. The van der Waals surface area contributed by atoms with E-state index in [2.05, 4.69) is 9.84 Å². The number of alkyl halides is 6. The van der Waals surface area contributed by atoms with E-state index in [1.807, 2.05) is 0 Å². The maximum atomic E-state index is 14.3. The molecule has 0 saturated carbocycles. The molecule has 252 valence electrons. The molecule has 2 N–H and O–H groups in total. The Hall–Kier alpha value is -4.37. The van der Waals surface area contributed by atoms with Crippen molar-refractivity contribution in [3.63, 3.8) is 0 Å². The minimum Gasteiger partial charge on any atom is -0.419 e. The van der Waals surface area contributed by atoms with Crippen LogP contribution in [0.3, 0.4) is 0 Å². The molecule has 0 bridgehead atoms. The van der Waals surface area contributed by atoms with Crippen LogP contribution in [0.15, 0.2) is 59.4 Å². The third kappa shape index (κ3) is 7.62. The highest BCUT2D eigenvalue weighted by atomic mass is 35.5. The SMILES string of the molecule is Cc1nn2c(=O)n(Cc3ccccc3)c(C(C(C)C)N(CCCN)C(=O)c3ccc(C(F)(F)F)cc3OC(=O)C(F)(F)F)cc2c1Cl. The number of hydrogen-bond acceptors (Lipinski definition) is 6. The number of carbonyl (C=O) groups excluding carboxylic acids is 2. The van der Waals surface area contributed by atoms with Gasteiger partial charge >= 0.3 is 24.0 Å². The molecule has 2 aromatic heterocycles. The zero-order chi connectivity index (χ0) is 34.8. The van der Waals surface area contributed by atoms with Crippen LogP contribution in [0.5, 0.6) is 5.75 Å². The number of ether oxygens (including phenoxy) is 1. The number of fused-ring (bicyclic) bond motifs is 1. The second kappa shape index (κ2) is 13.8.